The largest absolute Gasteiger partial charge is 0.497 e. The van der Waals surface area contributed by atoms with Crippen molar-refractivity contribution < 1.29 is 14.8 Å². The topological polar surface area (TPSA) is 50.9 Å². The summed E-state index contributed by atoms with van der Waals surface area (Å²) in [6, 6.07) is 14.8. The maximum Gasteiger partial charge on any atom is 0.156 e. The third kappa shape index (κ3) is 2.26. The minimum Gasteiger partial charge on any atom is -0.497 e. The first-order valence-corrected chi connectivity index (χ1v) is 7.96. The molecular weight excluding hydrogens is 288 g/mol. The van der Waals surface area contributed by atoms with Crippen molar-refractivity contribution in [2.24, 2.45) is 0 Å². The Labute approximate surface area is 135 Å². The maximum absolute atomic E-state index is 5.57. The van der Waals surface area contributed by atoms with E-state index in [1.807, 2.05) is 18.2 Å². The van der Waals surface area contributed by atoms with Gasteiger partial charge in [0.15, 0.2) is 6.04 Å². The van der Waals surface area contributed by atoms with Crippen LogP contribution in [-0.2, 0) is 6.42 Å². The van der Waals surface area contributed by atoms with E-state index in [9.17, 15) is 0 Å². The Balaban J connectivity index is 1.88. The first kappa shape index (κ1) is 14.2. The molecule has 0 amide bonds. The van der Waals surface area contributed by atoms with Crippen LogP contribution in [0.25, 0.3) is 10.9 Å². The molecule has 2 aromatic carbocycles. The lowest BCUT2D eigenvalue weighted by Gasteiger charge is -2.23. The van der Waals surface area contributed by atoms with Crippen molar-refractivity contribution in [1.82, 2.24) is 4.98 Å². The Bertz CT molecular complexity index is 854. The number of aromatic amines is 1. The molecule has 23 heavy (non-hydrogen) atoms. The summed E-state index contributed by atoms with van der Waals surface area (Å²) in [5, 5.41) is 3.65. The molecule has 4 heteroatoms. The zero-order valence-electron chi connectivity index (χ0n) is 13.4. The summed E-state index contributed by atoms with van der Waals surface area (Å²) in [7, 11) is 3.45. The van der Waals surface area contributed by atoms with Crippen LogP contribution in [0.3, 0.4) is 0 Å². The zero-order chi connectivity index (χ0) is 15.8. The third-order valence-electron chi connectivity index (χ3n) is 4.73. The second-order valence-corrected chi connectivity index (χ2v) is 5.92. The van der Waals surface area contributed by atoms with Gasteiger partial charge in [0.05, 0.1) is 32.0 Å². The van der Waals surface area contributed by atoms with E-state index >= 15 is 0 Å². The normalized spacial score (nSPS) is 17.0. The average Bonchev–Trinajstić information content (AvgIpc) is 2.99. The Hall–Kier alpha value is -2.46. The molecule has 0 saturated carbocycles. The van der Waals surface area contributed by atoms with Gasteiger partial charge in [-0.2, -0.15) is 0 Å². The van der Waals surface area contributed by atoms with Gasteiger partial charge in [0, 0.05) is 17.3 Å². The van der Waals surface area contributed by atoms with E-state index in [4.69, 9.17) is 9.47 Å². The summed E-state index contributed by atoms with van der Waals surface area (Å²) >= 11 is 0. The van der Waals surface area contributed by atoms with Gasteiger partial charge in [0.2, 0.25) is 0 Å². The van der Waals surface area contributed by atoms with Gasteiger partial charge in [-0.15, -0.1) is 0 Å². The van der Waals surface area contributed by atoms with Crippen LogP contribution in [0, 0.1) is 0 Å². The lowest BCUT2D eigenvalue weighted by Crippen LogP contribution is -2.87. The van der Waals surface area contributed by atoms with Crippen molar-refractivity contribution in [3.8, 4) is 11.5 Å². The molecule has 4 rings (SSSR count). The van der Waals surface area contributed by atoms with Crippen LogP contribution in [0.15, 0.2) is 42.5 Å². The van der Waals surface area contributed by atoms with Gasteiger partial charge in [0.1, 0.15) is 11.5 Å². The highest BCUT2D eigenvalue weighted by Gasteiger charge is 2.30. The molecule has 0 fully saturated rings. The number of rotatable bonds is 3. The van der Waals surface area contributed by atoms with Gasteiger partial charge < -0.3 is 19.8 Å². The number of benzene rings is 2. The van der Waals surface area contributed by atoms with Crippen LogP contribution in [-0.4, -0.2) is 25.7 Å². The molecule has 1 aliphatic rings. The number of quaternary nitrogens is 1. The van der Waals surface area contributed by atoms with Gasteiger partial charge in [0.25, 0.3) is 0 Å². The van der Waals surface area contributed by atoms with Crippen LogP contribution < -0.4 is 14.8 Å². The van der Waals surface area contributed by atoms with Crippen molar-refractivity contribution in [2.45, 2.75) is 12.5 Å². The number of para-hydroxylation sites is 1. The summed E-state index contributed by atoms with van der Waals surface area (Å²) in [5.41, 5.74) is 5.07. The summed E-state index contributed by atoms with van der Waals surface area (Å²) < 4.78 is 11.0. The Kier molecular flexibility index (Phi) is 3.46. The monoisotopic (exact) mass is 309 g/mol. The second-order valence-electron chi connectivity index (χ2n) is 5.92. The number of H-pyrrole nitrogens is 1. The van der Waals surface area contributed by atoms with Gasteiger partial charge in [-0.05, 0) is 35.9 Å². The summed E-state index contributed by atoms with van der Waals surface area (Å²) in [5.74, 6) is 1.85. The predicted octanol–water partition coefficient (Wildman–Crippen LogP) is 2.39. The fourth-order valence-corrected chi connectivity index (χ4v) is 3.63. The van der Waals surface area contributed by atoms with E-state index < -0.39 is 0 Å². The molecule has 2 heterocycles. The molecule has 3 aromatic rings. The van der Waals surface area contributed by atoms with Crippen molar-refractivity contribution in [3.63, 3.8) is 0 Å². The van der Waals surface area contributed by atoms with Crippen molar-refractivity contribution in [3.05, 3.63) is 59.3 Å². The minimum absolute atomic E-state index is 0.244. The lowest BCUT2D eigenvalue weighted by atomic mass is 9.94. The van der Waals surface area contributed by atoms with E-state index in [1.54, 1.807) is 14.2 Å². The molecule has 1 aromatic heterocycles. The summed E-state index contributed by atoms with van der Waals surface area (Å²) in [4.78, 5) is 3.62. The predicted molar refractivity (Wildman–Crippen MR) is 90.2 cm³/mol. The van der Waals surface area contributed by atoms with E-state index in [-0.39, 0.29) is 6.04 Å². The SMILES string of the molecule is COc1ccc2[nH]c3c(c2c1)CC[NH2+][C@H]3c1ccccc1OC. The Morgan fingerprint density at radius 2 is 1.96 bits per heavy atom. The molecule has 0 spiro atoms. The second kappa shape index (κ2) is 5.63. The molecule has 3 N–H and O–H groups in total. The number of methoxy groups -OCH3 is 2. The molecule has 0 radical (unpaired) electrons. The van der Waals surface area contributed by atoms with Crippen LogP contribution in [0.5, 0.6) is 11.5 Å². The van der Waals surface area contributed by atoms with Gasteiger partial charge in [-0.1, -0.05) is 12.1 Å². The number of fused-ring (bicyclic) bond motifs is 3. The molecule has 1 aliphatic heterocycles. The lowest BCUT2D eigenvalue weighted by molar-refractivity contribution is -0.690. The Morgan fingerprint density at radius 1 is 1.09 bits per heavy atom. The molecule has 0 unspecified atom stereocenters. The number of aromatic nitrogens is 1. The third-order valence-corrected chi connectivity index (χ3v) is 4.73. The van der Waals surface area contributed by atoms with Crippen LogP contribution in [0.4, 0.5) is 0 Å². The molecule has 1 atom stereocenters. The van der Waals surface area contributed by atoms with Gasteiger partial charge >= 0.3 is 0 Å². The fraction of sp³-hybridized carbons (Fsp3) is 0.263. The molecule has 118 valence electrons. The number of hydrogen-bond acceptors (Lipinski definition) is 2. The van der Waals surface area contributed by atoms with Crippen molar-refractivity contribution >= 4 is 10.9 Å². The smallest absolute Gasteiger partial charge is 0.156 e. The van der Waals surface area contributed by atoms with E-state index in [1.165, 1.54) is 27.7 Å². The van der Waals surface area contributed by atoms with E-state index in [0.29, 0.717) is 0 Å². The number of nitrogens with one attached hydrogen (secondary N) is 1. The van der Waals surface area contributed by atoms with Gasteiger partial charge in [-0.3, -0.25) is 0 Å². The number of ether oxygens (including phenoxy) is 2. The highest BCUT2D eigenvalue weighted by molar-refractivity contribution is 5.86. The first-order chi connectivity index (χ1) is 11.3. The summed E-state index contributed by atoms with van der Waals surface area (Å²) in [6.45, 7) is 1.07. The molecule has 0 saturated heterocycles. The van der Waals surface area contributed by atoms with Crippen molar-refractivity contribution in [1.29, 1.82) is 0 Å². The number of nitrogens with two attached hydrogens (primary N) is 1. The van der Waals surface area contributed by atoms with Crippen LogP contribution in [0.1, 0.15) is 22.9 Å². The number of hydrogen-bond donors (Lipinski definition) is 2. The van der Waals surface area contributed by atoms with Gasteiger partial charge in [-0.25, -0.2) is 0 Å². The quantitative estimate of drug-likeness (QED) is 0.780. The maximum atomic E-state index is 5.57. The Morgan fingerprint density at radius 3 is 2.78 bits per heavy atom. The van der Waals surface area contributed by atoms with E-state index in [2.05, 4.69) is 34.6 Å². The van der Waals surface area contributed by atoms with Crippen LogP contribution in [0.2, 0.25) is 0 Å². The fourth-order valence-electron chi connectivity index (χ4n) is 3.63. The standard InChI is InChI=1S/C19H20N2O2/c1-22-12-7-8-16-15(11-12)13-9-10-20-18(19(13)21-16)14-5-3-4-6-17(14)23-2/h3-8,11,18,20-21H,9-10H2,1-2H3/p+1/t18-/m0/s1. The molecule has 0 bridgehead atoms. The van der Waals surface area contributed by atoms with Crippen LogP contribution >= 0.6 is 0 Å². The highest BCUT2D eigenvalue weighted by atomic mass is 16.5. The molecule has 4 nitrogen and oxygen atoms in total. The average molecular weight is 309 g/mol. The first-order valence-electron chi connectivity index (χ1n) is 7.96. The minimum atomic E-state index is 0.244. The summed E-state index contributed by atoms with van der Waals surface area (Å²) in [6.07, 6.45) is 1.06. The highest BCUT2D eigenvalue weighted by Crippen LogP contribution is 2.35. The zero-order valence-corrected chi connectivity index (χ0v) is 13.4. The molecular formula is C19H21N2O2+. The molecule has 0 aliphatic carbocycles. The van der Waals surface area contributed by atoms with E-state index in [0.717, 1.165) is 24.5 Å². The van der Waals surface area contributed by atoms with Crippen molar-refractivity contribution in [2.75, 3.05) is 20.8 Å².